The van der Waals surface area contributed by atoms with Crippen molar-refractivity contribution < 1.29 is 14.7 Å². The Morgan fingerprint density at radius 3 is 2.50 bits per heavy atom. The van der Waals surface area contributed by atoms with Crippen LogP contribution >= 0.6 is 11.6 Å². The van der Waals surface area contributed by atoms with E-state index >= 15 is 0 Å². The van der Waals surface area contributed by atoms with Crippen molar-refractivity contribution in [3.05, 3.63) is 35.1 Å². The van der Waals surface area contributed by atoms with Crippen LogP contribution < -0.4 is 10.2 Å². The number of imidazole rings is 1. The zero-order chi connectivity index (χ0) is 22.8. The van der Waals surface area contributed by atoms with Gasteiger partial charge in [0.15, 0.2) is 17.0 Å². The first-order valence-corrected chi connectivity index (χ1v) is 10.7. The van der Waals surface area contributed by atoms with Gasteiger partial charge in [-0.1, -0.05) is 23.7 Å². The maximum atomic E-state index is 11.7. The van der Waals surface area contributed by atoms with Crippen LogP contribution in [0.5, 0.6) is 0 Å². The summed E-state index contributed by atoms with van der Waals surface area (Å²) in [5, 5.41) is 11.9. The van der Waals surface area contributed by atoms with Crippen LogP contribution in [0.3, 0.4) is 0 Å². The van der Waals surface area contributed by atoms with E-state index in [1.54, 1.807) is 13.0 Å². The number of aromatic nitrogens is 4. The van der Waals surface area contributed by atoms with Crippen LogP contribution in [0.2, 0.25) is 5.02 Å². The van der Waals surface area contributed by atoms with E-state index in [1.165, 1.54) is 0 Å². The Bertz CT molecular complexity index is 1170. The first-order valence-electron chi connectivity index (χ1n) is 10.3. The van der Waals surface area contributed by atoms with E-state index in [9.17, 15) is 9.59 Å². The van der Waals surface area contributed by atoms with Crippen molar-refractivity contribution in [2.24, 2.45) is 0 Å². The number of rotatable bonds is 5. The fourth-order valence-corrected chi connectivity index (χ4v) is 4.10. The summed E-state index contributed by atoms with van der Waals surface area (Å²) < 4.78 is 1.87. The zero-order valence-corrected chi connectivity index (χ0v) is 18.6. The van der Waals surface area contributed by atoms with Gasteiger partial charge in [-0.05, 0) is 19.1 Å². The van der Waals surface area contributed by atoms with Gasteiger partial charge in [-0.25, -0.2) is 19.7 Å². The summed E-state index contributed by atoms with van der Waals surface area (Å²) in [7, 11) is 0. The van der Waals surface area contributed by atoms with Crippen LogP contribution in [0.25, 0.3) is 22.6 Å². The molecule has 1 saturated heterocycles. The minimum atomic E-state index is -1.09. The normalized spacial score (nSPS) is 14.1. The van der Waals surface area contributed by atoms with Crippen molar-refractivity contribution in [1.82, 2.24) is 29.7 Å². The fraction of sp³-hybridized carbons (Fsp3) is 0.381. The van der Waals surface area contributed by atoms with Crippen molar-refractivity contribution in [1.29, 1.82) is 0 Å². The van der Waals surface area contributed by atoms with Gasteiger partial charge in [0.05, 0.1) is 5.02 Å². The largest absolute Gasteiger partial charge is 0.465 e. The molecule has 0 unspecified atom stereocenters. The second-order valence-electron chi connectivity index (χ2n) is 7.56. The maximum absolute atomic E-state index is 11.7. The molecule has 11 heteroatoms. The highest BCUT2D eigenvalue weighted by molar-refractivity contribution is 6.33. The number of aryl methyl sites for hydroxylation is 1. The SMILES string of the molecule is CC(=O)N1CCN(c2nc(C)nc3c2nc(-c2ccccc2Cl)n3CCNC(=O)O)CC1. The number of carbonyl (C=O) groups excluding carboxylic acids is 1. The molecule has 2 amide bonds. The molecule has 0 aliphatic carbocycles. The molecule has 2 aromatic heterocycles. The number of carbonyl (C=O) groups is 2. The standard InChI is InChI=1S/C21H24ClN7O3/c1-13-24-19(28-11-9-27(10-12-28)14(2)30)17-20(25-13)29(8-7-23-21(31)32)18(26-17)15-5-3-4-6-16(15)22/h3-6,23H,7-12H2,1-2H3,(H,31,32). The fourth-order valence-electron chi connectivity index (χ4n) is 3.88. The predicted octanol–water partition coefficient (Wildman–Crippen LogP) is 2.39. The van der Waals surface area contributed by atoms with Gasteiger partial charge in [-0.15, -0.1) is 0 Å². The van der Waals surface area contributed by atoms with E-state index in [4.69, 9.17) is 21.7 Å². The summed E-state index contributed by atoms with van der Waals surface area (Å²) in [6.45, 7) is 6.41. The quantitative estimate of drug-likeness (QED) is 0.604. The number of fused-ring (bicyclic) bond motifs is 1. The molecule has 1 aromatic carbocycles. The third-order valence-corrected chi connectivity index (χ3v) is 5.77. The van der Waals surface area contributed by atoms with E-state index in [-0.39, 0.29) is 12.5 Å². The molecule has 4 rings (SSSR count). The molecule has 10 nitrogen and oxygen atoms in total. The summed E-state index contributed by atoms with van der Waals surface area (Å²) in [6.07, 6.45) is -1.09. The molecule has 1 aliphatic heterocycles. The van der Waals surface area contributed by atoms with Crippen LogP contribution in [-0.4, -0.2) is 74.2 Å². The minimum Gasteiger partial charge on any atom is -0.465 e. The lowest BCUT2D eigenvalue weighted by atomic mass is 10.2. The summed E-state index contributed by atoms with van der Waals surface area (Å²) in [4.78, 5) is 40.8. The summed E-state index contributed by atoms with van der Waals surface area (Å²) in [5.74, 6) is 1.94. The molecule has 3 aromatic rings. The number of benzene rings is 1. The molecule has 1 aliphatic rings. The molecule has 3 heterocycles. The lowest BCUT2D eigenvalue weighted by Crippen LogP contribution is -2.48. The van der Waals surface area contributed by atoms with Crippen LogP contribution in [0.15, 0.2) is 24.3 Å². The Balaban J connectivity index is 1.81. The molecule has 0 radical (unpaired) electrons. The van der Waals surface area contributed by atoms with Gasteiger partial charge >= 0.3 is 6.09 Å². The second kappa shape index (κ2) is 8.99. The van der Waals surface area contributed by atoms with E-state index in [0.29, 0.717) is 66.4 Å². The van der Waals surface area contributed by atoms with E-state index in [0.717, 1.165) is 5.56 Å². The smallest absolute Gasteiger partial charge is 0.404 e. The summed E-state index contributed by atoms with van der Waals surface area (Å²) in [6, 6.07) is 7.37. The van der Waals surface area contributed by atoms with Gasteiger partial charge in [0.25, 0.3) is 0 Å². The Morgan fingerprint density at radius 1 is 1.12 bits per heavy atom. The lowest BCUT2D eigenvalue weighted by Gasteiger charge is -2.34. The Morgan fingerprint density at radius 2 is 1.84 bits per heavy atom. The summed E-state index contributed by atoms with van der Waals surface area (Å²) in [5.41, 5.74) is 1.97. The second-order valence-corrected chi connectivity index (χ2v) is 7.97. The number of hydrogen-bond donors (Lipinski definition) is 2. The summed E-state index contributed by atoms with van der Waals surface area (Å²) >= 11 is 6.46. The van der Waals surface area contributed by atoms with Crippen molar-refractivity contribution in [2.75, 3.05) is 37.6 Å². The zero-order valence-electron chi connectivity index (χ0n) is 17.9. The lowest BCUT2D eigenvalue weighted by molar-refractivity contribution is -0.129. The van der Waals surface area contributed by atoms with E-state index in [1.807, 2.05) is 34.6 Å². The third kappa shape index (κ3) is 4.31. The number of hydrogen-bond acceptors (Lipinski definition) is 6. The van der Waals surface area contributed by atoms with Gasteiger partial charge in [-0.3, -0.25) is 4.79 Å². The highest BCUT2D eigenvalue weighted by Gasteiger charge is 2.25. The highest BCUT2D eigenvalue weighted by Crippen LogP contribution is 2.32. The Labute approximate surface area is 189 Å². The number of nitrogens with zero attached hydrogens (tertiary/aromatic N) is 6. The van der Waals surface area contributed by atoms with Crippen LogP contribution in [0.1, 0.15) is 12.7 Å². The van der Waals surface area contributed by atoms with Crippen LogP contribution in [-0.2, 0) is 11.3 Å². The molecule has 0 bridgehead atoms. The predicted molar refractivity (Wildman–Crippen MR) is 121 cm³/mol. The Kier molecular flexibility index (Phi) is 6.13. The number of halogens is 1. The number of anilines is 1. The molecule has 0 saturated carbocycles. The topological polar surface area (TPSA) is 116 Å². The van der Waals surface area contributed by atoms with Gasteiger partial charge in [0.1, 0.15) is 11.6 Å². The van der Waals surface area contributed by atoms with Crippen LogP contribution in [0.4, 0.5) is 10.6 Å². The number of piperazine rings is 1. The van der Waals surface area contributed by atoms with Crippen molar-refractivity contribution >= 4 is 40.6 Å². The monoisotopic (exact) mass is 457 g/mol. The molecular weight excluding hydrogens is 434 g/mol. The first kappa shape index (κ1) is 21.8. The molecule has 0 spiro atoms. The van der Waals surface area contributed by atoms with E-state index in [2.05, 4.69) is 20.2 Å². The average molecular weight is 458 g/mol. The maximum Gasteiger partial charge on any atom is 0.404 e. The van der Waals surface area contributed by atoms with Crippen molar-refractivity contribution in [3.8, 4) is 11.4 Å². The first-order chi connectivity index (χ1) is 15.3. The third-order valence-electron chi connectivity index (χ3n) is 5.44. The molecule has 1 fully saturated rings. The van der Waals surface area contributed by atoms with Gasteiger partial charge in [-0.2, -0.15) is 0 Å². The molecular formula is C21H24ClN7O3. The Hall–Kier alpha value is -3.40. The molecule has 168 valence electrons. The molecule has 2 N–H and O–H groups in total. The number of amides is 2. The van der Waals surface area contributed by atoms with Crippen molar-refractivity contribution in [3.63, 3.8) is 0 Å². The van der Waals surface area contributed by atoms with Crippen molar-refractivity contribution in [2.45, 2.75) is 20.4 Å². The molecule has 32 heavy (non-hydrogen) atoms. The average Bonchev–Trinajstić information content (AvgIpc) is 3.11. The minimum absolute atomic E-state index is 0.0601. The number of carboxylic acid groups (broad SMARTS) is 1. The molecule has 0 atom stereocenters. The van der Waals surface area contributed by atoms with Gasteiger partial charge in [0, 0.05) is 51.8 Å². The van der Waals surface area contributed by atoms with Crippen LogP contribution in [0, 0.1) is 6.92 Å². The highest BCUT2D eigenvalue weighted by atomic mass is 35.5. The number of nitrogens with one attached hydrogen (secondary N) is 1. The van der Waals surface area contributed by atoms with E-state index < -0.39 is 6.09 Å². The van der Waals surface area contributed by atoms with Gasteiger partial charge < -0.3 is 24.8 Å². The van der Waals surface area contributed by atoms with Gasteiger partial charge in [0.2, 0.25) is 5.91 Å².